The van der Waals surface area contributed by atoms with Gasteiger partial charge in [-0.1, -0.05) is 17.9 Å². The third-order valence-electron chi connectivity index (χ3n) is 2.90. The summed E-state index contributed by atoms with van der Waals surface area (Å²) in [5, 5.41) is 4.30. The van der Waals surface area contributed by atoms with Crippen LogP contribution in [0.4, 0.5) is 0 Å². The number of hydrogen-bond donors (Lipinski definition) is 0. The molecule has 0 saturated heterocycles. The van der Waals surface area contributed by atoms with Crippen molar-refractivity contribution in [3.8, 4) is 17.6 Å². The van der Waals surface area contributed by atoms with Gasteiger partial charge in [0.1, 0.15) is 12.4 Å². The van der Waals surface area contributed by atoms with Crippen LogP contribution in [0.25, 0.3) is 0 Å². The lowest BCUT2D eigenvalue weighted by atomic mass is 10.1. The van der Waals surface area contributed by atoms with E-state index in [4.69, 9.17) is 16.3 Å². The summed E-state index contributed by atoms with van der Waals surface area (Å²) in [6.45, 7) is 4.46. The summed E-state index contributed by atoms with van der Waals surface area (Å²) in [7, 11) is 1.91. The molecule has 0 saturated carbocycles. The van der Waals surface area contributed by atoms with Gasteiger partial charge >= 0.3 is 0 Å². The maximum atomic E-state index is 5.86. The van der Waals surface area contributed by atoms with Gasteiger partial charge in [0, 0.05) is 7.05 Å². The summed E-state index contributed by atoms with van der Waals surface area (Å²) < 4.78 is 7.69. The molecule has 0 radical (unpaired) electrons. The van der Waals surface area contributed by atoms with E-state index in [0.29, 0.717) is 12.5 Å². The van der Waals surface area contributed by atoms with Crippen molar-refractivity contribution in [2.45, 2.75) is 20.5 Å². The van der Waals surface area contributed by atoms with Crippen molar-refractivity contribution < 1.29 is 4.74 Å². The lowest BCUT2D eigenvalue weighted by Crippen LogP contribution is -2.04. The van der Waals surface area contributed by atoms with E-state index in [1.165, 1.54) is 0 Å². The van der Waals surface area contributed by atoms with Crippen LogP contribution in [0, 0.1) is 25.7 Å². The first-order valence-electron chi connectivity index (χ1n) is 6.38. The minimum atomic E-state index is 0.314. The van der Waals surface area contributed by atoms with Crippen LogP contribution in [0.5, 0.6) is 5.75 Å². The van der Waals surface area contributed by atoms with Gasteiger partial charge in [-0.25, -0.2) is 0 Å². The Balaban J connectivity index is 2.18. The summed E-state index contributed by atoms with van der Waals surface area (Å²) in [4.78, 5) is 0. The van der Waals surface area contributed by atoms with Crippen molar-refractivity contribution >= 4 is 11.6 Å². The van der Waals surface area contributed by atoms with Crippen molar-refractivity contribution in [3.05, 3.63) is 46.8 Å². The van der Waals surface area contributed by atoms with Gasteiger partial charge in [-0.05, 0) is 37.6 Å². The predicted octanol–water partition coefficient (Wildman–Crippen LogP) is 3.21. The van der Waals surface area contributed by atoms with Crippen molar-refractivity contribution in [1.82, 2.24) is 9.78 Å². The molecule has 3 nitrogen and oxygen atoms in total. The Morgan fingerprint density at radius 3 is 2.75 bits per heavy atom. The first kappa shape index (κ1) is 14.5. The van der Waals surface area contributed by atoms with Crippen LogP contribution < -0.4 is 4.74 Å². The molecule has 2 rings (SSSR count). The smallest absolute Gasteiger partial charge is 0.135 e. The van der Waals surface area contributed by atoms with Gasteiger partial charge < -0.3 is 4.74 Å². The molecule has 1 aromatic carbocycles. The molecule has 1 aromatic heterocycles. The Hall–Kier alpha value is -1.92. The van der Waals surface area contributed by atoms with E-state index in [2.05, 4.69) is 16.9 Å². The molecule has 0 aliphatic heterocycles. The Labute approximate surface area is 124 Å². The van der Waals surface area contributed by atoms with Gasteiger partial charge in [0.05, 0.1) is 22.8 Å². The zero-order valence-corrected chi connectivity index (χ0v) is 12.7. The van der Waals surface area contributed by atoms with E-state index in [-0.39, 0.29) is 0 Å². The number of aromatic nitrogens is 2. The van der Waals surface area contributed by atoms with Crippen molar-refractivity contribution in [2.75, 3.05) is 5.88 Å². The number of halogens is 1. The molecule has 0 fully saturated rings. The van der Waals surface area contributed by atoms with Crippen molar-refractivity contribution in [1.29, 1.82) is 0 Å². The van der Waals surface area contributed by atoms with Crippen LogP contribution in [0.2, 0.25) is 0 Å². The molecule has 104 valence electrons. The molecule has 20 heavy (non-hydrogen) atoms. The summed E-state index contributed by atoms with van der Waals surface area (Å²) in [5.74, 6) is 6.98. The van der Waals surface area contributed by atoms with Crippen LogP contribution >= 0.6 is 11.6 Å². The molecule has 0 N–H and O–H groups in total. The van der Waals surface area contributed by atoms with E-state index >= 15 is 0 Å². The highest BCUT2D eigenvalue weighted by Crippen LogP contribution is 2.20. The highest BCUT2D eigenvalue weighted by Gasteiger charge is 2.06. The standard InChI is InChI=1S/C16H17ClN2O/c1-12-6-7-16(14(9-12)5-4-8-17)20-11-15-10-13(2)18-19(15)3/h6-7,9-10H,8,11H2,1-3H3. The van der Waals surface area contributed by atoms with E-state index in [1.54, 1.807) is 0 Å². The average molecular weight is 289 g/mol. The Bertz CT molecular complexity index is 665. The summed E-state index contributed by atoms with van der Waals surface area (Å²) in [5.41, 5.74) is 4.02. The second-order valence-electron chi connectivity index (χ2n) is 4.62. The number of alkyl halides is 1. The highest BCUT2D eigenvalue weighted by molar-refractivity contribution is 6.19. The lowest BCUT2D eigenvalue weighted by Gasteiger charge is -2.09. The third-order valence-corrected chi connectivity index (χ3v) is 3.03. The molecule has 1 heterocycles. The molecule has 0 aliphatic rings. The Morgan fingerprint density at radius 2 is 2.10 bits per heavy atom. The van der Waals surface area contributed by atoms with E-state index in [1.807, 2.05) is 49.8 Å². The maximum absolute atomic E-state index is 5.86. The van der Waals surface area contributed by atoms with Crippen LogP contribution in [-0.4, -0.2) is 15.7 Å². The SMILES string of the molecule is Cc1ccc(OCc2cc(C)nn2C)c(C#CCCl)c1. The van der Waals surface area contributed by atoms with Gasteiger partial charge in [0.2, 0.25) is 0 Å². The molecule has 0 bridgehead atoms. The fourth-order valence-corrected chi connectivity index (χ4v) is 2.01. The van der Waals surface area contributed by atoms with E-state index < -0.39 is 0 Å². The molecular weight excluding hydrogens is 272 g/mol. The number of ether oxygens (including phenoxy) is 1. The van der Waals surface area contributed by atoms with E-state index in [9.17, 15) is 0 Å². The Morgan fingerprint density at radius 1 is 1.30 bits per heavy atom. The minimum absolute atomic E-state index is 0.314. The van der Waals surface area contributed by atoms with Crippen LogP contribution in [0.1, 0.15) is 22.5 Å². The first-order valence-corrected chi connectivity index (χ1v) is 6.91. The number of hydrogen-bond acceptors (Lipinski definition) is 2. The largest absolute Gasteiger partial charge is 0.486 e. The molecule has 2 aromatic rings. The van der Waals surface area contributed by atoms with Gasteiger partial charge in [0.15, 0.2) is 0 Å². The zero-order chi connectivity index (χ0) is 14.5. The molecule has 4 heteroatoms. The van der Waals surface area contributed by atoms with Crippen LogP contribution in [0.15, 0.2) is 24.3 Å². The maximum Gasteiger partial charge on any atom is 0.135 e. The summed E-state index contributed by atoms with van der Waals surface area (Å²) >= 11 is 5.61. The molecule has 0 amide bonds. The van der Waals surface area contributed by atoms with Gasteiger partial charge in [-0.3, -0.25) is 4.68 Å². The fourth-order valence-electron chi connectivity index (χ4n) is 1.95. The highest BCUT2D eigenvalue weighted by atomic mass is 35.5. The summed E-state index contributed by atoms with van der Waals surface area (Å²) in [6, 6.07) is 7.97. The average Bonchev–Trinajstić information content (AvgIpc) is 2.73. The van der Waals surface area contributed by atoms with Gasteiger partial charge in [-0.2, -0.15) is 5.10 Å². The Kier molecular flexibility index (Phi) is 4.70. The summed E-state index contributed by atoms with van der Waals surface area (Å²) in [6.07, 6.45) is 0. The molecule has 0 unspecified atom stereocenters. The second kappa shape index (κ2) is 6.49. The molecule has 0 aliphatic carbocycles. The topological polar surface area (TPSA) is 27.1 Å². The van der Waals surface area contributed by atoms with Gasteiger partial charge in [0.25, 0.3) is 0 Å². The quantitative estimate of drug-likeness (QED) is 0.640. The van der Waals surface area contributed by atoms with Gasteiger partial charge in [-0.15, -0.1) is 11.6 Å². The lowest BCUT2D eigenvalue weighted by molar-refractivity contribution is 0.294. The molecular formula is C16H17ClN2O. The third kappa shape index (κ3) is 3.55. The monoisotopic (exact) mass is 288 g/mol. The van der Waals surface area contributed by atoms with Crippen molar-refractivity contribution in [3.63, 3.8) is 0 Å². The minimum Gasteiger partial charge on any atom is -0.486 e. The number of benzene rings is 1. The van der Waals surface area contributed by atoms with Crippen LogP contribution in [-0.2, 0) is 13.7 Å². The molecule has 0 atom stereocenters. The second-order valence-corrected chi connectivity index (χ2v) is 4.89. The van der Waals surface area contributed by atoms with E-state index in [0.717, 1.165) is 28.3 Å². The number of nitrogens with zero attached hydrogens (tertiary/aromatic N) is 2. The first-order chi connectivity index (χ1) is 9.60. The fraction of sp³-hybridized carbons (Fsp3) is 0.312. The molecule has 0 spiro atoms. The zero-order valence-electron chi connectivity index (χ0n) is 11.9. The van der Waals surface area contributed by atoms with Crippen LogP contribution in [0.3, 0.4) is 0 Å². The normalized spacial score (nSPS) is 10.0. The number of aryl methyl sites for hydroxylation is 3. The number of rotatable bonds is 3. The predicted molar refractivity (Wildman–Crippen MR) is 81.1 cm³/mol. The van der Waals surface area contributed by atoms with Crippen molar-refractivity contribution in [2.24, 2.45) is 7.05 Å².